The number of ether oxygens (including phenoxy) is 2. The molecule has 1 aliphatic heterocycles. The van der Waals surface area contributed by atoms with Crippen molar-refractivity contribution in [1.82, 2.24) is 0 Å². The summed E-state index contributed by atoms with van der Waals surface area (Å²) >= 11 is 0. The summed E-state index contributed by atoms with van der Waals surface area (Å²) in [5, 5.41) is 10.5. The van der Waals surface area contributed by atoms with Gasteiger partial charge in [-0.05, 0) is 17.7 Å². The Labute approximate surface area is 92.1 Å². The van der Waals surface area contributed by atoms with Crippen LogP contribution in [0.2, 0.25) is 0 Å². The monoisotopic (exact) mass is 224 g/mol. The zero-order valence-electron chi connectivity index (χ0n) is 8.54. The third-order valence-electron chi connectivity index (χ3n) is 2.46. The molecule has 2 unspecified atom stereocenters. The van der Waals surface area contributed by atoms with E-state index in [1.54, 1.807) is 12.1 Å². The fourth-order valence-corrected chi connectivity index (χ4v) is 1.65. The molecule has 0 bridgehead atoms. The highest BCUT2D eigenvalue weighted by molar-refractivity contribution is 5.34. The lowest BCUT2D eigenvalue weighted by Gasteiger charge is -2.29. The first-order valence-corrected chi connectivity index (χ1v) is 4.88. The molecule has 0 saturated carbocycles. The van der Waals surface area contributed by atoms with Gasteiger partial charge in [0.05, 0.1) is 17.6 Å². The molecule has 1 aromatic rings. The van der Waals surface area contributed by atoms with Crippen molar-refractivity contribution in [1.29, 1.82) is 0 Å². The molecule has 1 fully saturated rings. The molecular weight excluding hydrogens is 212 g/mol. The molecule has 1 heterocycles. The lowest BCUT2D eigenvalue weighted by molar-refractivity contribution is -0.384. The minimum absolute atomic E-state index is 0.0596. The Balaban J connectivity index is 2.17. The highest BCUT2D eigenvalue weighted by Crippen LogP contribution is 2.25. The van der Waals surface area contributed by atoms with Gasteiger partial charge in [0, 0.05) is 12.1 Å². The molecule has 0 aliphatic carbocycles. The Morgan fingerprint density at radius 2 is 2.06 bits per heavy atom. The third kappa shape index (κ3) is 2.19. The zero-order valence-corrected chi connectivity index (χ0v) is 8.54. The van der Waals surface area contributed by atoms with E-state index in [9.17, 15) is 10.1 Å². The van der Waals surface area contributed by atoms with Gasteiger partial charge in [-0.2, -0.15) is 0 Å². The van der Waals surface area contributed by atoms with E-state index in [1.165, 1.54) is 12.1 Å². The molecule has 86 valence electrons. The molecule has 2 atom stereocenters. The molecule has 0 amide bonds. The van der Waals surface area contributed by atoms with Gasteiger partial charge in [0.1, 0.15) is 12.9 Å². The largest absolute Gasteiger partial charge is 0.354 e. The van der Waals surface area contributed by atoms with Gasteiger partial charge in [-0.1, -0.05) is 0 Å². The van der Waals surface area contributed by atoms with Crippen molar-refractivity contribution in [3.8, 4) is 0 Å². The van der Waals surface area contributed by atoms with E-state index in [4.69, 9.17) is 15.2 Å². The van der Waals surface area contributed by atoms with Gasteiger partial charge >= 0.3 is 0 Å². The lowest BCUT2D eigenvalue weighted by atomic mass is 10.0. The minimum Gasteiger partial charge on any atom is -0.354 e. The average molecular weight is 224 g/mol. The van der Waals surface area contributed by atoms with Crippen molar-refractivity contribution in [2.75, 3.05) is 13.4 Å². The van der Waals surface area contributed by atoms with E-state index in [0.717, 1.165) is 5.56 Å². The Bertz CT molecular complexity index is 379. The quantitative estimate of drug-likeness (QED) is 0.597. The summed E-state index contributed by atoms with van der Waals surface area (Å²) in [5.74, 6) is 0. The van der Waals surface area contributed by atoms with E-state index in [1.807, 2.05) is 0 Å². The Morgan fingerprint density at radius 1 is 1.38 bits per heavy atom. The van der Waals surface area contributed by atoms with Gasteiger partial charge in [0.25, 0.3) is 5.69 Å². The molecule has 1 aromatic carbocycles. The Hall–Kier alpha value is -1.50. The summed E-state index contributed by atoms with van der Waals surface area (Å²) in [5.41, 5.74) is 6.72. The Morgan fingerprint density at radius 3 is 2.62 bits per heavy atom. The summed E-state index contributed by atoms with van der Waals surface area (Å²) in [6, 6.07) is 5.97. The van der Waals surface area contributed by atoms with Crippen molar-refractivity contribution in [3.05, 3.63) is 39.9 Å². The standard InChI is InChI=1S/C10H12N2O4/c11-9-5-15-6-16-10(9)7-1-3-8(4-2-7)12(13)14/h1-4,9-10H,5-6,11H2. The SMILES string of the molecule is NC1COCOC1c1ccc([N+](=O)[O-])cc1. The van der Waals surface area contributed by atoms with Crippen molar-refractivity contribution in [2.45, 2.75) is 12.1 Å². The van der Waals surface area contributed by atoms with Gasteiger partial charge in [0.2, 0.25) is 0 Å². The molecule has 2 N–H and O–H groups in total. The zero-order chi connectivity index (χ0) is 11.5. The predicted molar refractivity (Wildman–Crippen MR) is 55.7 cm³/mol. The van der Waals surface area contributed by atoms with Crippen LogP contribution in [0.3, 0.4) is 0 Å². The van der Waals surface area contributed by atoms with Crippen LogP contribution in [0.25, 0.3) is 0 Å². The maximum Gasteiger partial charge on any atom is 0.269 e. The number of non-ortho nitro benzene ring substituents is 1. The summed E-state index contributed by atoms with van der Waals surface area (Å²) in [4.78, 5) is 10.0. The predicted octanol–water partition coefficient (Wildman–Crippen LogP) is 0.968. The fourth-order valence-electron chi connectivity index (χ4n) is 1.65. The number of benzene rings is 1. The average Bonchev–Trinajstić information content (AvgIpc) is 2.30. The smallest absolute Gasteiger partial charge is 0.269 e. The minimum atomic E-state index is -0.436. The summed E-state index contributed by atoms with van der Waals surface area (Å²) in [6.45, 7) is 0.636. The topological polar surface area (TPSA) is 87.6 Å². The number of rotatable bonds is 2. The molecule has 1 saturated heterocycles. The van der Waals surface area contributed by atoms with Crippen LogP contribution < -0.4 is 5.73 Å². The van der Waals surface area contributed by atoms with E-state index < -0.39 is 4.92 Å². The highest BCUT2D eigenvalue weighted by Gasteiger charge is 2.25. The first-order chi connectivity index (χ1) is 7.68. The molecule has 0 aromatic heterocycles. The van der Waals surface area contributed by atoms with Crippen LogP contribution in [0.4, 0.5) is 5.69 Å². The molecule has 16 heavy (non-hydrogen) atoms. The second-order valence-corrected chi connectivity index (χ2v) is 3.59. The highest BCUT2D eigenvalue weighted by atomic mass is 16.7. The molecular formula is C10H12N2O4. The first kappa shape index (κ1) is 11.0. The Kier molecular flexibility index (Phi) is 3.14. The van der Waals surface area contributed by atoms with Gasteiger partial charge < -0.3 is 15.2 Å². The number of nitrogens with zero attached hydrogens (tertiary/aromatic N) is 1. The lowest BCUT2D eigenvalue weighted by Crippen LogP contribution is -2.39. The normalized spacial score (nSPS) is 25.3. The fraction of sp³-hybridized carbons (Fsp3) is 0.400. The third-order valence-corrected chi connectivity index (χ3v) is 2.46. The van der Waals surface area contributed by atoms with Gasteiger partial charge in [-0.15, -0.1) is 0 Å². The van der Waals surface area contributed by atoms with Crippen molar-refractivity contribution < 1.29 is 14.4 Å². The maximum absolute atomic E-state index is 10.5. The van der Waals surface area contributed by atoms with Crippen molar-refractivity contribution in [2.24, 2.45) is 5.73 Å². The molecule has 6 nitrogen and oxygen atoms in total. The van der Waals surface area contributed by atoms with Crippen LogP contribution in [0.1, 0.15) is 11.7 Å². The number of nitro groups is 1. The molecule has 2 rings (SSSR count). The van der Waals surface area contributed by atoms with Crippen LogP contribution in [-0.4, -0.2) is 24.4 Å². The van der Waals surface area contributed by atoms with E-state index in [2.05, 4.69) is 0 Å². The van der Waals surface area contributed by atoms with Crippen LogP contribution in [0.15, 0.2) is 24.3 Å². The molecule has 0 radical (unpaired) electrons. The van der Waals surface area contributed by atoms with Gasteiger partial charge in [-0.3, -0.25) is 10.1 Å². The van der Waals surface area contributed by atoms with Gasteiger partial charge in [-0.25, -0.2) is 0 Å². The second kappa shape index (κ2) is 4.56. The number of nitrogens with two attached hydrogens (primary N) is 1. The van der Waals surface area contributed by atoms with E-state index in [-0.39, 0.29) is 24.6 Å². The van der Waals surface area contributed by atoms with Crippen LogP contribution in [-0.2, 0) is 9.47 Å². The summed E-state index contributed by atoms with van der Waals surface area (Å²) < 4.78 is 10.4. The molecule has 6 heteroatoms. The van der Waals surface area contributed by atoms with Crippen LogP contribution in [0.5, 0.6) is 0 Å². The second-order valence-electron chi connectivity index (χ2n) is 3.59. The van der Waals surface area contributed by atoms with E-state index >= 15 is 0 Å². The number of nitro benzene ring substituents is 1. The van der Waals surface area contributed by atoms with Gasteiger partial charge in [0.15, 0.2) is 0 Å². The van der Waals surface area contributed by atoms with Crippen molar-refractivity contribution >= 4 is 5.69 Å². The van der Waals surface area contributed by atoms with Crippen molar-refractivity contribution in [3.63, 3.8) is 0 Å². The summed E-state index contributed by atoms with van der Waals surface area (Å²) in [6.07, 6.45) is -0.255. The van der Waals surface area contributed by atoms with Crippen LogP contribution >= 0.6 is 0 Å². The number of hydrogen-bond acceptors (Lipinski definition) is 5. The summed E-state index contributed by atoms with van der Waals surface area (Å²) in [7, 11) is 0. The molecule has 0 spiro atoms. The van der Waals surface area contributed by atoms with Crippen LogP contribution in [0, 0.1) is 10.1 Å². The maximum atomic E-state index is 10.5. The molecule has 1 aliphatic rings. The first-order valence-electron chi connectivity index (χ1n) is 4.88. The van der Waals surface area contributed by atoms with E-state index in [0.29, 0.717) is 6.61 Å². The number of hydrogen-bond donors (Lipinski definition) is 1.